The first-order chi connectivity index (χ1) is 11.6. The minimum atomic E-state index is -0.480. The fourth-order valence-electron chi connectivity index (χ4n) is 2.10. The minimum absolute atomic E-state index is 0.0132. The summed E-state index contributed by atoms with van der Waals surface area (Å²) in [5, 5.41) is 8.23. The molecule has 0 aromatic heterocycles. The molecule has 126 valence electrons. The number of para-hydroxylation sites is 1. The monoisotopic (exact) mass is 329 g/mol. The molecule has 0 aliphatic rings. The number of amides is 2. The van der Waals surface area contributed by atoms with E-state index in [-0.39, 0.29) is 24.0 Å². The van der Waals surface area contributed by atoms with Gasteiger partial charge in [0.25, 0.3) is 0 Å². The molecule has 0 atom stereocenters. The van der Waals surface area contributed by atoms with Gasteiger partial charge < -0.3 is 16.0 Å². The second-order valence-corrected chi connectivity index (χ2v) is 5.26. The number of carbonyl (C=O) groups is 2. The predicted molar refractivity (Wildman–Crippen MR) is 93.5 cm³/mol. The van der Waals surface area contributed by atoms with Gasteiger partial charge in [0.15, 0.2) is 0 Å². The molecule has 0 radical (unpaired) electrons. The van der Waals surface area contributed by atoms with Gasteiger partial charge >= 0.3 is 0 Å². The summed E-state index contributed by atoms with van der Waals surface area (Å²) in [5.74, 6) is -0.890. The van der Waals surface area contributed by atoms with Gasteiger partial charge in [-0.15, -0.1) is 0 Å². The molecule has 5 nitrogen and oxygen atoms in total. The third-order valence-electron chi connectivity index (χ3n) is 3.22. The third kappa shape index (κ3) is 5.39. The molecule has 2 aromatic rings. The van der Waals surface area contributed by atoms with E-state index in [0.29, 0.717) is 17.8 Å². The molecule has 0 heterocycles. The lowest BCUT2D eigenvalue weighted by molar-refractivity contribution is -0.116. The van der Waals surface area contributed by atoms with Crippen molar-refractivity contribution in [3.05, 3.63) is 54.3 Å². The van der Waals surface area contributed by atoms with Crippen molar-refractivity contribution in [2.24, 2.45) is 0 Å². The topological polar surface area (TPSA) is 70.2 Å². The molecule has 0 aliphatic carbocycles. The first-order valence-corrected chi connectivity index (χ1v) is 7.76. The van der Waals surface area contributed by atoms with E-state index >= 15 is 0 Å². The summed E-state index contributed by atoms with van der Waals surface area (Å²) in [6.45, 7) is 1.92. The Hall–Kier alpha value is -2.89. The lowest BCUT2D eigenvalue weighted by Crippen LogP contribution is -2.22. The molecule has 0 saturated heterocycles. The Morgan fingerprint density at radius 2 is 1.71 bits per heavy atom. The number of hydrogen-bond donors (Lipinski definition) is 3. The zero-order chi connectivity index (χ0) is 17.4. The van der Waals surface area contributed by atoms with Crippen molar-refractivity contribution >= 4 is 28.9 Å². The van der Waals surface area contributed by atoms with Gasteiger partial charge in [0.2, 0.25) is 11.8 Å². The Bertz CT molecular complexity index is 719. The lowest BCUT2D eigenvalue weighted by atomic mass is 10.2. The highest BCUT2D eigenvalue weighted by Gasteiger charge is 2.06. The molecule has 0 unspecified atom stereocenters. The van der Waals surface area contributed by atoms with E-state index in [4.69, 9.17) is 0 Å². The highest BCUT2D eigenvalue weighted by Crippen LogP contribution is 2.16. The Kier molecular flexibility index (Phi) is 6.31. The summed E-state index contributed by atoms with van der Waals surface area (Å²) in [6.07, 6.45) is 1.24. The largest absolute Gasteiger partial charge is 0.376 e. The Morgan fingerprint density at radius 3 is 2.46 bits per heavy atom. The van der Waals surface area contributed by atoms with Crippen LogP contribution in [0.5, 0.6) is 0 Å². The maximum absolute atomic E-state index is 13.5. The number of benzene rings is 2. The smallest absolute Gasteiger partial charge is 0.243 e. The van der Waals surface area contributed by atoms with Crippen LogP contribution in [0.2, 0.25) is 0 Å². The normalized spacial score (nSPS) is 10.1. The zero-order valence-electron chi connectivity index (χ0n) is 13.4. The number of rotatable bonds is 7. The molecule has 0 aliphatic heterocycles. The Balaban J connectivity index is 1.88. The predicted octanol–water partition coefficient (Wildman–Crippen LogP) is 3.61. The molecule has 2 amide bonds. The maximum atomic E-state index is 13.5. The Morgan fingerprint density at radius 1 is 0.958 bits per heavy atom. The van der Waals surface area contributed by atoms with Gasteiger partial charge in [-0.05, 0) is 36.8 Å². The van der Waals surface area contributed by atoms with Crippen LogP contribution in [0, 0.1) is 5.82 Å². The molecule has 0 spiro atoms. The van der Waals surface area contributed by atoms with Crippen LogP contribution in [0.4, 0.5) is 21.5 Å². The second kappa shape index (κ2) is 8.67. The van der Waals surface area contributed by atoms with E-state index in [0.717, 1.165) is 6.42 Å². The first-order valence-electron chi connectivity index (χ1n) is 7.76. The van der Waals surface area contributed by atoms with Gasteiger partial charge in [-0.1, -0.05) is 25.1 Å². The van der Waals surface area contributed by atoms with E-state index in [2.05, 4.69) is 16.0 Å². The fourth-order valence-corrected chi connectivity index (χ4v) is 2.10. The van der Waals surface area contributed by atoms with Gasteiger partial charge in [-0.3, -0.25) is 9.59 Å². The van der Waals surface area contributed by atoms with Crippen LogP contribution in [-0.2, 0) is 9.59 Å². The van der Waals surface area contributed by atoms with Crippen molar-refractivity contribution in [1.82, 2.24) is 0 Å². The first kappa shape index (κ1) is 17.5. The lowest BCUT2D eigenvalue weighted by Gasteiger charge is -2.10. The number of nitrogens with one attached hydrogen (secondary N) is 3. The molecule has 2 rings (SSSR count). The molecule has 3 N–H and O–H groups in total. The van der Waals surface area contributed by atoms with Crippen LogP contribution >= 0.6 is 0 Å². The van der Waals surface area contributed by atoms with Crippen molar-refractivity contribution < 1.29 is 14.0 Å². The molecule has 2 aromatic carbocycles. The molecule has 0 fully saturated rings. The summed E-state index contributed by atoms with van der Waals surface area (Å²) in [4.78, 5) is 23.5. The highest BCUT2D eigenvalue weighted by atomic mass is 19.1. The molecule has 0 bridgehead atoms. The fraction of sp³-hybridized carbons (Fsp3) is 0.222. The van der Waals surface area contributed by atoms with Crippen LogP contribution in [0.25, 0.3) is 0 Å². The van der Waals surface area contributed by atoms with Crippen molar-refractivity contribution in [1.29, 1.82) is 0 Å². The number of hydrogen-bond acceptors (Lipinski definition) is 3. The van der Waals surface area contributed by atoms with Crippen molar-refractivity contribution in [3.63, 3.8) is 0 Å². The number of anilines is 3. The number of halogens is 1. The van der Waals surface area contributed by atoms with Gasteiger partial charge in [0.1, 0.15) is 5.82 Å². The van der Waals surface area contributed by atoms with E-state index in [1.54, 1.807) is 36.4 Å². The van der Waals surface area contributed by atoms with E-state index in [1.165, 1.54) is 12.1 Å². The Labute approximate surface area is 140 Å². The average molecular weight is 329 g/mol. The SMILES string of the molecule is CCCC(=O)Nc1cccc(NCC(=O)Nc2ccccc2F)c1. The van der Waals surface area contributed by atoms with Gasteiger partial charge in [0, 0.05) is 17.8 Å². The summed E-state index contributed by atoms with van der Waals surface area (Å²) < 4.78 is 13.5. The molecule has 0 saturated carbocycles. The van der Waals surface area contributed by atoms with Crippen LogP contribution in [-0.4, -0.2) is 18.4 Å². The van der Waals surface area contributed by atoms with Gasteiger partial charge in [-0.2, -0.15) is 0 Å². The van der Waals surface area contributed by atoms with Crippen LogP contribution in [0.1, 0.15) is 19.8 Å². The van der Waals surface area contributed by atoms with Crippen LogP contribution in [0.15, 0.2) is 48.5 Å². The van der Waals surface area contributed by atoms with Crippen LogP contribution < -0.4 is 16.0 Å². The molecule has 24 heavy (non-hydrogen) atoms. The maximum Gasteiger partial charge on any atom is 0.243 e. The molecular formula is C18H20FN3O2. The van der Waals surface area contributed by atoms with Gasteiger partial charge in [-0.25, -0.2) is 4.39 Å². The second-order valence-electron chi connectivity index (χ2n) is 5.26. The summed E-state index contributed by atoms with van der Waals surface area (Å²) in [7, 11) is 0. The van der Waals surface area contributed by atoms with Gasteiger partial charge in [0.05, 0.1) is 12.2 Å². The quantitative estimate of drug-likeness (QED) is 0.727. The van der Waals surface area contributed by atoms with E-state index in [1.807, 2.05) is 6.92 Å². The van der Waals surface area contributed by atoms with E-state index < -0.39 is 5.82 Å². The van der Waals surface area contributed by atoms with E-state index in [9.17, 15) is 14.0 Å². The molecular weight excluding hydrogens is 309 g/mol. The zero-order valence-corrected chi connectivity index (χ0v) is 13.4. The minimum Gasteiger partial charge on any atom is -0.376 e. The third-order valence-corrected chi connectivity index (χ3v) is 3.22. The van der Waals surface area contributed by atoms with Crippen molar-refractivity contribution in [2.45, 2.75) is 19.8 Å². The van der Waals surface area contributed by atoms with Crippen LogP contribution in [0.3, 0.4) is 0 Å². The summed E-state index contributed by atoms with van der Waals surface area (Å²) in [5.41, 5.74) is 1.49. The summed E-state index contributed by atoms with van der Waals surface area (Å²) >= 11 is 0. The van der Waals surface area contributed by atoms with Crippen molar-refractivity contribution in [2.75, 3.05) is 22.5 Å². The highest BCUT2D eigenvalue weighted by molar-refractivity contribution is 5.94. The summed E-state index contributed by atoms with van der Waals surface area (Å²) in [6, 6.07) is 13.1. The van der Waals surface area contributed by atoms with Crippen molar-refractivity contribution in [3.8, 4) is 0 Å². The molecule has 6 heteroatoms. The standard InChI is InChI=1S/C18H20FN3O2/c1-2-6-17(23)21-14-8-5-7-13(11-14)20-12-18(24)22-16-10-4-3-9-15(16)19/h3-5,7-11,20H,2,6,12H2,1H3,(H,21,23)(H,22,24). The number of carbonyl (C=O) groups excluding carboxylic acids is 2. The average Bonchev–Trinajstić information content (AvgIpc) is 2.56.